The van der Waals surface area contributed by atoms with E-state index < -0.39 is 0 Å². The molecule has 0 heterocycles. The minimum atomic E-state index is -0.229. The quantitative estimate of drug-likeness (QED) is 0.760. The van der Waals surface area contributed by atoms with Crippen molar-refractivity contribution < 1.29 is 14.3 Å². The number of hydrogen-bond donors (Lipinski definition) is 3. The van der Waals surface area contributed by atoms with Crippen LogP contribution in [-0.4, -0.2) is 25.5 Å². The van der Waals surface area contributed by atoms with Crippen LogP contribution in [-0.2, 0) is 4.79 Å². The number of hydrogen-bond acceptors (Lipinski definition) is 4. The van der Waals surface area contributed by atoms with Crippen molar-refractivity contribution in [3.05, 3.63) is 53.6 Å². The number of carbonyl (C=O) groups is 2. The Kier molecular flexibility index (Phi) is 5.92. The van der Waals surface area contributed by atoms with Gasteiger partial charge in [0.25, 0.3) is 5.91 Å². The summed E-state index contributed by atoms with van der Waals surface area (Å²) in [7, 11) is 1.50. The number of nitrogens with two attached hydrogens (primary N) is 1. The molecule has 24 heavy (non-hydrogen) atoms. The lowest BCUT2D eigenvalue weighted by molar-refractivity contribution is -0.116. The van der Waals surface area contributed by atoms with Crippen molar-refractivity contribution in [1.82, 2.24) is 0 Å². The molecule has 0 unspecified atom stereocenters. The molecule has 2 aromatic rings. The van der Waals surface area contributed by atoms with Crippen molar-refractivity contribution in [3.8, 4) is 5.75 Å². The normalized spacial score (nSPS) is 10.1. The fourth-order valence-corrected chi connectivity index (χ4v) is 2.13. The van der Waals surface area contributed by atoms with Crippen LogP contribution in [0.5, 0.6) is 5.75 Å². The molecule has 2 rings (SSSR count). The van der Waals surface area contributed by atoms with Crippen molar-refractivity contribution in [3.63, 3.8) is 0 Å². The predicted molar refractivity (Wildman–Crippen MR) is 94.4 cm³/mol. The Balaban J connectivity index is 2.13. The molecule has 0 fully saturated rings. The third kappa shape index (κ3) is 4.57. The zero-order chi connectivity index (χ0) is 17.5. The van der Waals surface area contributed by atoms with Gasteiger partial charge in [0.15, 0.2) is 0 Å². The average molecular weight is 327 g/mol. The van der Waals surface area contributed by atoms with Crippen molar-refractivity contribution in [1.29, 1.82) is 0 Å². The minimum Gasteiger partial charge on any atom is -0.494 e. The van der Waals surface area contributed by atoms with Gasteiger partial charge in [-0.15, -0.1) is 0 Å². The number of benzene rings is 2. The van der Waals surface area contributed by atoms with E-state index in [2.05, 4.69) is 10.6 Å². The number of methoxy groups -OCH3 is 1. The van der Waals surface area contributed by atoms with E-state index >= 15 is 0 Å². The summed E-state index contributed by atoms with van der Waals surface area (Å²) >= 11 is 0. The first-order chi connectivity index (χ1) is 11.5. The Labute approximate surface area is 141 Å². The SMILES string of the molecule is COc1cc(NC(=O)CCN)ccc1NC(=O)c1ccc(C)cc1. The van der Waals surface area contributed by atoms with Crippen LogP contribution in [0.1, 0.15) is 22.3 Å². The summed E-state index contributed by atoms with van der Waals surface area (Å²) in [6, 6.07) is 12.3. The van der Waals surface area contributed by atoms with E-state index in [1.165, 1.54) is 7.11 Å². The zero-order valence-electron chi connectivity index (χ0n) is 13.8. The van der Waals surface area contributed by atoms with Gasteiger partial charge in [-0.1, -0.05) is 17.7 Å². The Morgan fingerprint density at radius 2 is 1.79 bits per heavy atom. The van der Waals surface area contributed by atoms with Crippen LogP contribution in [0.3, 0.4) is 0 Å². The molecule has 6 heteroatoms. The molecule has 2 amide bonds. The molecule has 0 radical (unpaired) electrons. The molecular weight excluding hydrogens is 306 g/mol. The van der Waals surface area contributed by atoms with Gasteiger partial charge in [-0.25, -0.2) is 0 Å². The molecule has 0 atom stereocenters. The third-order valence-electron chi connectivity index (χ3n) is 3.42. The van der Waals surface area contributed by atoms with Crippen molar-refractivity contribution in [2.75, 3.05) is 24.3 Å². The first-order valence-corrected chi connectivity index (χ1v) is 7.59. The zero-order valence-corrected chi connectivity index (χ0v) is 13.8. The topological polar surface area (TPSA) is 93.4 Å². The second-order valence-electron chi connectivity index (χ2n) is 5.32. The molecule has 4 N–H and O–H groups in total. The number of carbonyl (C=O) groups excluding carboxylic acids is 2. The van der Waals surface area contributed by atoms with Gasteiger partial charge in [-0.05, 0) is 31.2 Å². The molecule has 0 bridgehead atoms. The first kappa shape index (κ1) is 17.5. The fraction of sp³-hybridized carbons (Fsp3) is 0.222. The standard InChI is InChI=1S/C18H21N3O3/c1-12-3-5-13(6-4-12)18(23)21-15-8-7-14(11-16(15)24-2)20-17(22)9-10-19/h3-8,11H,9-10,19H2,1-2H3,(H,20,22)(H,21,23). The van der Waals surface area contributed by atoms with Crippen LogP contribution >= 0.6 is 0 Å². The van der Waals surface area contributed by atoms with E-state index in [9.17, 15) is 9.59 Å². The first-order valence-electron chi connectivity index (χ1n) is 7.59. The molecule has 0 aromatic heterocycles. The van der Waals surface area contributed by atoms with E-state index in [0.29, 0.717) is 22.7 Å². The summed E-state index contributed by atoms with van der Waals surface area (Å²) in [5.41, 5.74) is 8.10. The van der Waals surface area contributed by atoms with Gasteiger partial charge in [-0.2, -0.15) is 0 Å². The molecule has 0 spiro atoms. The summed E-state index contributed by atoms with van der Waals surface area (Å²) in [6.07, 6.45) is 0.244. The number of ether oxygens (including phenoxy) is 1. The number of aryl methyl sites for hydroxylation is 1. The Bertz CT molecular complexity index is 727. The van der Waals surface area contributed by atoms with Crippen molar-refractivity contribution in [2.45, 2.75) is 13.3 Å². The second kappa shape index (κ2) is 8.12. The summed E-state index contributed by atoms with van der Waals surface area (Å²) in [6.45, 7) is 2.25. The Morgan fingerprint density at radius 1 is 1.08 bits per heavy atom. The number of anilines is 2. The highest BCUT2D eigenvalue weighted by Crippen LogP contribution is 2.28. The predicted octanol–water partition coefficient (Wildman–Crippen LogP) is 2.54. The molecule has 6 nitrogen and oxygen atoms in total. The van der Waals surface area contributed by atoms with Crippen molar-refractivity contribution >= 4 is 23.2 Å². The molecular formula is C18H21N3O3. The lowest BCUT2D eigenvalue weighted by Crippen LogP contribution is -2.16. The number of amides is 2. The van der Waals surface area contributed by atoms with Gasteiger partial charge in [0.05, 0.1) is 12.8 Å². The van der Waals surface area contributed by atoms with Gasteiger partial charge >= 0.3 is 0 Å². The largest absolute Gasteiger partial charge is 0.494 e. The van der Waals surface area contributed by atoms with Gasteiger partial charge in [-0.3, -0.25) is 9.59 Å². The molecule has 0 aliphatic carbocycles. The maximum absolute atomic E-state index is 12.3. The van der Waals surface area contributed by atoms with E-state index in [-0.39, 0.29) is 24.8 Å². The Hall–Kier alpha value is -2.86. The van der Waals surface area contributed by atoms with Crippen LogP contribution in [0.2, 0.25) is 0 Å². The van der Waals surface area contributed by atoms with Gasteiger partial charge in [0, 0.05) is 30.3 Å². The van der Waals surface area contributed by atoms with Crippen LogP contribution in [0.4, 0.5) is 11.4 Å². The lowest BCUT2D eigenvalue weighted by Gasteiger charge is -2.13. The number of rotatable bonds is 6. The molecule has 126 valence electrons. The molecule has 2 aromatic carbocycles. The van der Waals surface area contributed by atoms with E-state index in [1.807, 2.05) is 19.1 Å². The van der Waals surface area contributed by atoms with Crippen LogP contribution in [0, 0.1) is 6.92 Å². The average Bonchev–Trinajstić information content (AvgIpc) is 2.57. The summed E-state index contributed by atoms with van der Waals surface area (Å²) in [5, 5.41) is 5.53. The third-order valence-corrected chi connectivity index (χ3v) is 3.42. The Morgan fingerprint density at radius 3 is 2.42 bits per heavy atom. The van der Waals surface area contributed by atoms with E-state index in [1.54, 1.807) is 30.3 Å². The second-order valence-corrected chi connectivity index (χ2v) is 5.32. The minimum absolute atomic E-state index is 0.170. The molecule has 0 saturated carbocycles. The molecule has 0 aliphatic heterocycles. The summed E-state index contributed by atoms with van der Waals surface area (Å²) in [5.74, 6) is 0.0604. The van der Waals surface area contributed by atoms with Gasteiger partial charge in [0.2, 0.25) is 5.91 Å². The monoisotopic (exact) mass is 327 g/mol. The van der Waals surface area contributed by atoms with Crippen molar-refractivity contribution in [2.24, 2.45) is 5.73 Å². The van der Waals surface area contributed by atoms with Gasteiger partial charge < -0.3 is 21.1 Å². The lowest BCUT2D eigenvalue weighted by atomic mass is 10.1. The molecule has 0 saturated heterocycles. The van der Waals surface area contributed by atoms with Gasteiger partial charge in [0.1, 0.15) is 5.75 Å². The highest BCUT2D eigenvalue weighted by atomic mass is 16.5. The van der Waals surface area contributed by atoms with Crippen LogP contribution < -0.4 is 21.1 Å². The van der Waals surface area contributed by atoms with E-state index in [0.717, 1.165) is 5.56 Å². The highest BCUT2D eigenvalue weighted by Gasteiger charge is 2.11. The summed E-state index contributed by atoms with van der Waals surface area (Å²) < 4.78 is 5.29. The maximum Gasteiger partial charge on any atom is 0.255 e. The number of nitrogens with one attached hydrogen (secondary N) is 2. The highest BCUT2D eigenvalue weighted by molar-refractivity contribution is 6.05. The maximum atomic E-state index is 12.3. The van der Waals surface area contributed by atoms with E-state index in [4.69, 9.17) is 10.5 Å². The van der Waals surface area contributed by atoms with Crippen LogP contribution in [0.15, 0.2) is 42.5 Å². The smallest absolute Gasteiger partial charge is 0.255 e. The molecule has 0 aliphatic rings. The fourth-order valence-electron chi connectivity index (χ4n) is 2.13. The summed E-state index contributed by atoms with van der Waals surface area (Å²) in [4.78, 5) is 23.9. The van der Waals surface area contributed by atoms with Crippen LogP contribution in [0.25, 0.3) is 0 Å².